The molecule has 1 heterocycles. The van der Waals surface area contributed by atoms with Crippen molar-refractivity contribution in [3.05, 3.63) is 28.5 Å². The van der Waals surface area contributed by atoms with Gasteiger partial charge in [0.05, 0.1) is 10.6 Å². The summed E-state index contributed by atoms with van der Waals surface area (Å²) in [6.45, 7) is 0.619. The van der Waals surface area contributed by atoms with Crippen molar-refractivity contribution in [3.8, 4) is 0 Å². The highest BCUT2D eigenvalue weighted by Gasteiger charge is 2.05. The molecule has 6 heteroatoms. The number of aromatic nitrogens is 1. The first-order valence-corrected chi connectivity index (χ1v) is 6.47. The lowest BCUT2D eigenvalue weighted by Gasteiger charge is -2.04. The van der Waals surface area contributed by atoms with Crippen molar-refractivity contribution in [3.63, 3.8) is 0 Å². The fourth-order valence-electron chi connectivity index (χ4n) is 1.26. The number of nitrogens with zero attached hydrogens (tertiary/aromatic N) is 1. The van der Waals surface area contributed by atoms with Crippen molar-refractivity contribution in [2.24, 2.45) is 5.73 Å². The summed E-state index contributed by atoms with van der Waals surface area (Å²) in [6.07, 6.45) is 5.66. The lowest BCUT2D eigenvalue weighted by atomic mass is 10.2. The van der Waals surface area contributed by atoms with Crippen LogP contribution in [-0.4, -0.2) is 22.4 Å². The summed E-state index contributed by atoms with van der Waals surface area (Å²) >= 11 is 8.03. The number of hydrogen-bond donors (Lipinski definition) is 2. The molecule has 1 aromatic rings. The number of nitrogens with two attached hydrogens (primary N) is 1. The Hall–Kier alpha value is -1.01. The van der Waals surface area contributed by atoms with Gasteiger partial charge >= 0.3 is 0 Å². The molecule has 92 valence electrons. The predicted molar refractivity (Wildman–Crippen MR) is 74.9 cm³/mol. The molecule has 0 saturated carbocycles. The summed E-state index contributed by atoms with van der Waals surface area (Å²) in [5.74, 6) is -0.117. The van der Waals surface area contributed by atoms with E-state index in [1.165, 1.54) is 6.20 Å². The SMILES string of the molecule is NC(=S)CCCCNC(=O)c1cncc(Br)c1. The van der Waals surface area contributed by atoms with Crippen molar-refractivity contribution in [1.29, 1.82) is 0 Å². The third-order valence-corrected chi connectivity index (χ3v) is 2.74. The second-order valence-corrected chi connectivity index (χ2v) is 5.01. The smallest absolute Gasteiger partial charge is 0.252 e. The van der Waals surface area contributed by atoms with Gasteiger partial charge in [-0.05, 0) is 41.3 Å². The van der Waals surface area contributed by atoms with Gasteiger partial charge in [-0.3, -0.25) is 9.78 Å². The highest BCUT2D eigenvalue weighted by molar-refractivity contribution is 9.10. The van der Waals surface area contributed by atoms with Gasteiger partial charge in [0.1, 0.15) is 0 Å². The largest absolute Gasteiger partial charge is 0.393 e. The summed E-state index contributed by atoms with van der Waals surface area (Å²) in [5.41, 5.74) is 5.92. The van der Waals surface area contributed by atoms with E-state index < -0.39 is 0 Å². The summed E-state index contributed by atoms with van der Waals surface area (Å²) in [5, 5.41) is 2.82. The fraction of sp³-hybridized carbons (Fsp3) is 0.364. The van der Waals surface area contributed by atoms with E-state index in [1.54, 1.807) is 12.3 Å². The molecule has 4 nitrogen and oxygen atoms in total. The Balaban J connectivity index is 2.28. The number of pyridine rings is 1. The molecule has 0 unspecified atom stereocenters. The molecule has 0 aliphatic carbocycles. The number of hydrogen-bond acceptors (Lipinski definition) is 3. The molecule has 17 heavy (non-hydrogen) atoms. The maximum Gasteiger partial charge on any atom is 0.252 e. The van der Waals surface area contributed by atoms with Crippen molar-refractivity contribution in [1.82, 2.24) is 10.3 Å². The first-order chi connectivity index (χ1) is 8.09. The van der Waals surface area contributed by atoms with Gasteiger partial charge in [-0.25, -0.2) is 0 Å². The number of nitrogens with one attached hydrogen (secondary N) is 1. The van der Waals surface area contributed by atoms with E-state index >= 15 is 0 Å². The van der Waals surface area contributed by atoms with Crippen LogP contribution in [0.1, 0.15) is 29.6 Å². The average Bonchev–Trinajstić information content (AvgIpc) is 2.28. The highest BCUT2D eigenvalue weighted by atomic mass is 79.9. The summed E-state index contributed by atoms with van der Waals surface area (Å²) in [4.78, 5) is 16.1. The zero-order valence-corrected chi connectivity index (χ0v) is 11.7. The number of rotatable bonds is 6. The Morgan fingerprint density at radius 2 is 2.24 bits per heavy atom. The Labute approximate surface area is 114 Å². The van der Waals surface area contributed by atoms with Crippen LogP contribution in [0.15, 0.2) is 22.9 Å². The molecule has 0 atom stereocenters. The number of unbranched alkanes of at least 4 members (excludes halogenated alkanes) is 1. The maximum atomic E-state index is 11.7. The van der Waals surface area contributed by atoms with Gasteiger partial charge in [0.15, 0.2) is 0 Å². The van der Waals surface area contributed by atoms with E-state index in [0.29, 0.717) is 17.1 Å². The van der Waals surface area contributed by atoms with Gasteiger partial charge < -0.3 is 11.1 Å². The molecule has 1 rings (SSSR count). The molecule has 0 fully saturated rings. The molecule has 0 radical (unpaired) electrons. The molecule has 0 bridgehead atoms. The first-order valence-electron chi connectivity index (χ1n) is 5.26. The Kier molecular flexibility index (Phi) is 6.07. The molecular weight excluding hydrogens is 302 g/mol. The molecule has 1 aromatic heterocycles. The van der Waals surface area contributed by atoms with E-state index in [4.69, 9.17) is 18.0 Å². The van der Waals surface area contributed by atoms with Gasteiger partial charge in [0.2, 0.25) is 0 Å². The molecule has 0 aliphatic heterocycles. The first kappa shape index (κ1) is 14.1. The van der Waals surface area contributed by atoms with Crippen molar-refractivity contribution < 1.29 is 4.79 Å². The third kappa shape index (κ3) is 5.74. The van der Waals surface area contributed by atoms with Gasteiger partial charge in [0.25, 0.3) is 5.91 Å². The average molecular weight is 316 g/mol. The van der Waals surface area contributed by atoms with Crippen LogP contribution in [-0.2, 0) is 0 Å². The van der Waals surface area contributed by atoms with E-state index in [0.717, 1.165) is 23.7 Å². The number of carbonyl (C=O) groups is 1. The zero-order chi connectivity index (χ0) is 12.7. The van der Waals surface area contributed by atoms with E-state index in [1.807, 2.05) is 0 Å². The van der Waals surface area contributed by atoms with E-state index in [-0.39, 0.29) is 5.91 Å². The monoisotopic (exact) mass is 315 g/mol. The normalized spacial score (nSPS) is 9.94. The molecule has 3 N–H and O–H groups in total. The van der Waals surface area contributed by atoms with E-state index in [2.05, 4.69) is 26.2 Å². The zero-order valence-electron chi connectivity index (χ0n) is 9.28. The summed E-state index contributed by atoms with van der Waals surface area (Å²) in [6, 6.07) is 1.73. The molecule has 0 aliphatic rings. The minimum absolute atomic E-state index is 0.117. The van der Waals surface area contributed by atoms with Crippen molar-refractivity contribution in [2.75, 3.05) is 6.54 Å². The fourth-order valence-corrected chi connectivity index (χ4v) is 1.77. The Morgan fingerprint density at radius 3 is 2.88 bits per heavy atom. The van der Waals surface area contributed by atoms with Crippen LogP contribution in [0.2, 0.25) is 0 Å². The maximum absolute atomic E-state index is 11.7. The van der Waals surface area contributed by atoms with Gasteiger partial charge in [-0.1, -0.05) is 12.2 Å². The molecule has 0 spiro atoms. The Morgan fingerprint density at radius 1 is 1.47 bits per heavy atom. The van der Waals surface area contributed by atoms with Crippen LogP contribution in [0.3, 0.4) is 0 Å². The molecule has 1 amide bonds. The second kappa shape index (κ2) is 7.34. The van der Waals surface area contributed by atoms with Gasteiger partial charge in [0, 0.05) is 23.4 Å². The molecule has 0 aromatic carbocycles. The van der Waals surface area contributed by atoms with Crippen LogP contribution in [0, 0.1) is 0 Å². The molecule has 0 saturated heterocycles. The standard InChI is InChI=1S/C11H14BrN3OS/c12-9-5-8(6-14-7-9)11(16)15-4-2-1-3-10(13)17/h5-7H,1-4H2,(H2,13,17)(H,15,16). The topological polar surface area (TPSA) is 68.0 Å². The van der Waals surface area contributed by atoms with Crippen molar-refractivity contribution in [2.45, 2.75) is 19.3 Å². The summed E-state index contributed by atoms with van der Waals surface area (Å²) in [7, 11) is 0. The highest BCUT2D eigenvalue weighted by Crippen LogP contribution is 2.09. The number of amides is 1. The van der Waals surface area contributed by atoms with Crippen LogP contribution in [0.5, 0.6) is 0 Å². The number of thiocarbonyl (C=S) groups is 1. The second-order valence-electron chi connectivity index (χ2n) is 3.57. The minimum atomic E-state index is -0.117. The predicted octanol–water partition coefficient (Wildman–Crippen LogP) is 2.03. The number of carbonyl (C=O) groups excluding carboxylic acids is 1. The third-order valence-electron chi connectivity index (χ3n) is 2.10. The van der Waals surface area contributed by atoms with Crippen molar-refractivity contribution >= 4 is 39.0 Å². The molecular formula is C11H14BrN3OS. The van der Waals surface area contributed by atoms with E-state index in [9.17, 15) is 4.79 Å². The van der Waals surface area contributed by atoms with Crippen LogP contribution < -0.4 is 11.1 Å². The Bertz CT molecular complexity index is 411. The summed E-state index contributed by atoms with van der Waals surface area (Å²) < 4.78 is 0.790. The lowest BCUT2D eigenvalue weighted by Crippen LogP contribution is -2.24. The van der Waals surface area contributed by atoms with Crippen LogP contribution >= 0.6 is 28.1 Å². The minimum Gasteiger partial charge on any atom is -0.393 e. The number of halogens is 1. The lowest BCUT2D eigenvalue weighted by molar-refractivity contribution is 0.0952. The van der Waals surface area contributed by atoms with Gasteiger partial charge in [-0.15, -0.1) is 0 Å². The van der Waals surface area contributed by atoms with Gasteiger partial charge in [-0.2, -0.15) is 0 Å². The van der Waals surface area contributed by atoms with Crippen LogP contribution in [0.4, 0.5) is 0 Å². The van der Waals surface area contributed by atoms with Crippen LogP contribution in [0.25, 0.3) is 0 Å². The quantitative estimate of drug-likeness (QED) is 0.622.